The Hall–Kier alpha value is -2.14. The molecule has 1 aromatic rings. The lowest BCUT2D eigenvalue weighted by Gasteiger charge is -2.44. The molecule has 2 amide bonds. The summed E-state index contributed by atoms with van der Waals surface area (Å²) in [7, 11) is 3.93. The first-order chi connectivity index (χ1) is 11.6. The van der Waals surface area contributed by atoms with Crippen LogP contribution in [0.5, 0.6) is 0 Å². The summed E-state index contributed by atoms with van der Waals surface area (Å²) in [5.41, 5.74) is 3.31. The molecule has 1 aliphatic carbocycles. The molecule has 2 atom stereocenters. The Morgan fingerprint density at radius 2 is 1.71 bits per heavy atom. The highest BCUT2D eigenvalue weighted by molar-refractivity contribution is 6.23. The highest BCUT2D eigenvalue weighted by Crippen LogP contribution is 2.44. The van der Waals surface area contributed by atoms with Gasteiger partial charge < -0.3 is 0 Å². The van der Waals surface area contributed by atoms with Crippen molar-refractivity contribution in [3.63, 3.8) is 0 Å². The van der Waals surface area contributed by atoms with Crippen molar-refractivity contribution in [1.82, 2.24) is 10.0 Å². The summed E-state index contributed by atoms with van der Waals surface area (Å²) in [6.07, 6.45) is 5.13. The van der Waals surface area contributed by atoms with Crippen molar-refractivity contribution in [2.75, 3.05) is 19.0 Å². The molecule has 0 unspecified atom stereocenters. The van der Waals surface area contributed by atoms with Gasteiger partial charge in [-0.05, 0) is 49.8 Å². The molecular formula is C19H23N3O2. The van der Waals surface area contributed by atoms with E-state index in [1.54, 1.807) is 0 Å². The van der Waals surface area contributed by atoms with E-state index in [0.717, 1.165) is 25.7 Å². The lowest BCUT2D eigenvalue weighted by atomic mass is 9.82. The molecular weight excluding hydrogens is 302 g/mol. The minimum atomic E-state index is -0.399. The molecule has 1 fully saturated rings. The fourth-order valence-electron chi connectivity index (χ4n) is 4.39. The number of allylic oxidation sites excluding steroid dienone is 2. The number of nitrogens with zero attached hydrogens (tertiary/aromatic N) is 3. The molecule has 0 spiro atoms. The minimum absolute atomic E-state index is 0.0554. The van der Waals surface area contributed by atoms with E-state index in [1.807, 2.05) is 49.4 Å². The average Bonchev–Trinajstić information content (AvgIpc) is 2.84. The number of para-hydroxylation sites is 1. The van der Waals surface area contributed by atoms with Crippen LogP contribution in [0, 0.1) is 5.92 Å². The van der Waals surface area contributed by atoms with Crippen molar-refractivity contribution in [2.24, 2.45) is 5.92 Å². The van der Waals surface area contributed by atoms with Crippen LogP contribution in [0.25, 0.3) is 0 Å². The average molecular weight is 325 g/mol. The number of hydrazine groups is 1. The number of amides is 2. The molecule has 5 nitrogen and oxygen atoms in total. The van der Waals surface area contributed by atoms with E-state index in [1.165, 1.54) is 22.6 Å². The molecule has 1 saturated heterocycles. The van der Waals surface area contributed by atoms with Gasteiger partial charge in [0.05, 0.1) is 11.6 Å². The summed E-state index contributed by atoms with van der Waals surface area (Å²) < 4.78 is 0. The zero-order valence-electron chi connectivity index (χ0n) is 14.2. The number of hydrogen-bond acceptors (Lipinski definition) is 4. The topological polar surface area (TPSA) is 43.9 Å². The Kier molecular flexibility index (Phi) is 3.68. The molecule has 4 rings (SSSR count). The Morgan fingerprint density at radius 3 is 2.42 bits per heavy atom. The normalized spacial score (nSPS) is 27.0. The smallest absolute Gasteiger partial charge is 0.258 e. The van der Waals surface area contributed by atoms with Crippen LogP contribution >= 0.6 is 0 Å². The van der Waals surface area contributed by atoms with Gasteiger partial charge in [0, 0.05) is 19.8 Å². The second-order valence-corrected chi connectivity index (χ2v) is 7.05. The lowest BCUT2D eigenvalue weighted by molar-refractivity contribution is -0.128. The second kappa shape index (κ2) is 5.74. The summed E-state index contributed by atoms with van der Waals surface area (Å²) in [4.78, 5) is 27.6. The first-order valence-corrected chi connectivity index (χ1v) is 8.70. The van der Waals surface area contributed by atoms with Gasteiger partial charge in [0.15, 0.2) is 0 Å². The maximum absolute atomic E-state index is 13.2. The van der Waals surface area contributed by atoms with Crippen molar-refractivity contribution in [3.05, 3.63) is 41.6 Å². The fraction of sp³-hybridized carbons (Fsp3) is 0.474. The fourth-order valence-corrected chi connectivity index (χ4v) is 4.39. The first kappa shape index (κ1) is 15.4. The van der Waals surface area contributed by atoms with Crippen molar-refractivity contribution in [3.8, 4) is 0 Å². The quantitative estimate of drug-likeness (QED) is 0.784. The zero-order valence-corrected chi connectivity index (χ0v) is 14.2. The van der Waals surface area contributed by atoms with Gasteiger partial charge >= 0.3 is 0 Å². The van der Waals surface area contributed by atoms with E-state index in [2.05, 4.69) is 5.01 Å². The third kappa shape index (κ3) is 2.18. The van der Waals surface area contributed by atoms with Crippen molar-refractivity contribution < 1.29 is 9.59 Å². The Bertz CT molecular complexity index is 711. The van der Waals surface area contributed by atoms with Crippen LogP contribution in [0.15, 0.2) is 41.6 Å². The Morgan fingerprint density at radius 1 is 1.00 bits per heavy atom. The number of anilines is 1. The molecule has 1 aromatic carbocycles. The van der Waals surface area contributed by atoms with Crippen LogP contribution in [-0.4, -0.2) is 42.0 Å². The predicted molar refractivity (Wildman–Crippen MR) is 91.9 cm³/mol. The van der Waals surface area contributed by atoms with Crippen LogP contribution < -0.4 is 4.90 Å². The third-order valence-corrected chi connectivity index (χ3v) is 5.39. The van der Waals surface area contributed by atoms with E-state index in [-0.39, 0.29) is 17.7 Å². The van der Waals surface area contributed by atoms with Gasteiger partial charge in [0.25, 0.3) is 5.91 Å². The van der Waals surface area contributed by atoms with Crippen LogP contribution in [0.4, 0.5) is 5.69 Å². The second-order valence-electron chi connectivity index (χ2n) is 7.05. The van der Waals surface area contributed by atoms with E-state index in [0.29, 0.717) is 5.69 Å². The zero-order chi connectivity index (χ0) is 16.8. The molecule has 3 aliphatic rings. The molecule has 126 valence electrons. The highest BCUT2D eigenvalue weighted by atomic mass is 16.2. The van der Waals surface area contributed by atoms with Crippen molar-refractivity contribution in [1.29, 1.82) is 0 Å². The maximum Gasteiger partial charge on any atom is 0.258 e. The number of carbonyl (C=O) groups excluding carboxylic acids is 2. The molecule has 0 radical (unpaired) electrons. The van der Waals surface area contributed by atoms with E-state index < -0.39 is 6.04 Å². The van der Waals surface area contributed by atoms with E-state index in [9.17, 15) is 9.59 Å². The van der Waals surface area contributed by atoms with Crippen molar-refractivity contribution >= 4 is 17.5 Å². The number of fused-ring (bicyclic) bond motifs is 1. The molecule has 0 N–H and O–H groups in total. The summed E-state index contributed by atoms with van der Waals surface area (Å²) in [6.45, 7) is 0. The van der Waals surface area contributed by atoms with Gasteiger partial charge in [-0.25, -0.2) is 9.91 Å². The Balaban J connectivity index is 1.76. The van der Waals surface area contributed by atoms with Gasteiger partial charge in [-0.1, -0.05) is 18.2 Å². The summed E-state index contributed by atoms with van der Waals surface area (Å²) >= 11 is 0. The summed E-state index contributed by atoms with van der Waals surface area (Å²) in [5, 5.41) is 4.07. The van der Waals surface area contributed by atoms with Crippen LogP contribution in [0.3, 0.4) is 0 Å². The number of hydrogen-bond donors (Lipinski definition) is 0. The van der Waals surface area contributed by atoms with E-state index in [4.69, 9.17) is 0 Å². The van der Waals surface area contributed by atoms with Gasteiger partial charge in [-0.3, -0.25) is 14.6 Å². The number of carbonyl (C=O) groups is 2. The monoisotopic (exact) mass is 325 g/mol. The standard InChI is InChI=1S/C19H23N3O2/c1-20(2)22-16-11-7-6-8-13(16)12-15-17(22)19(24)21(18(15)23)14-9-4-3-5-10-14/h3-5,9-10,15,17H,6-8,11-12H2,1-2H3/t15-,17+/m1/s1. The van der Waals surface area contributed by atoms with Gasteiger partial charge in [-0.2, -0.15) is 0 Å². The van der Waals surface area contributed by atoms with Gasteiger partial charge in [-0.15, -0.1) is 0 Å². The molecule has 0 aromatic heterocycles. The predicted octanol–water partition coefficient (Wildman–Crippen LogP) is 2.56. The van der Waals surface area contributed by atoms with E-state index >= 15 is 0 Å². The number of benzene rings is 1. The maximum atomic E-state index is 13.2. The Labute approximate surface area is 142 Å². The molecule has 24 heavy (non-hydrogen) atoms. The summed E-state index contributed by atoms with van der Waals surface area (Å²) in [6, 6.07) is 8.90. The van der Waals surface area contributed by atoms with Crippen LogP contribution in [-0.2, 0) is 9.59 Å². The van der Waals surface area contributed by atoms with Crippen LogP contribution in [0.1, 0.15) is 32.1 Å². The molecule has 0 saturated carbocycles. The number of rotatable bonds is 2. The molecule has 0 bridgehead atoms. The van der Waals surface area contributed by atoms with Gasteiger partial charge in [0.1, 0.15) is 6.04 Å². The minimum Gasteiger partial charge on any atom is -0.297 e. The van der Waals surface area contributed by atoms with Crippen LogP contribution in [0.2, 0.25) is 0 Å². The molecule has 5 heteroatoms. The molecule has 2 heterocycles. The lowest BCUT2D eigenvalue weighted by Crippen LogP contribution is -2.53. The number of imide groups is 1. The largest absolute Gasteiger partial charge is 0.297 e. The highest BCUT2D eigenvalue weighted by Gasteiger charge is 2.54. The van der Waals surface area contributed by atoms with Crippen molar-refractivity contribution in [2.45, 2.75) is 38.1 Å². The first-order valence-electron chi connectivity index (χ1n) is 8.70. The SMILES string of the molecule is CN(C)N1C2=C(CCCC2)C[C@H]2C(=O)N(c3ccccc3)C(=O)[C@H]21. The molecule has 2 aliphatic heterocycles. The summed E-state index contributed by atoms with van der Waals surface area (Å²) in [5.74, 6) is -0.417. The third-order valence-electron chi connectivity index (χ3n) is 5.39. The van der Waals surface area contributed by atoms with Gasteiger partial charge in [0.2, 0.25) is 5.91 Å².